The third-order valence-corrected chi connectivity index (χ3v) is 5.69. The number of benzene rings is 2. The van der Waals surface area contributed by atoms with Crippen LogP contribution in [-0.4, -0.2) is 31.1 Å². The zero-order valence-corrected chi connectivity index (χ0v) is 20.2. The molecule has 7 heteroatoms. The molecule has 6 nitrogen and oxygen atoms in total. The molecular weight excluding hydrogens is 503 g/mol. The van der Waals surface area contributed by atoms with Gasteiger partial charge < -0.3 is 20.7 Å². The van der Waals surface area contributed by atoms with Crippen LogP contribution in [0.5, 0.6) is 5.75 Å². The zero-order valence-electron chi connectivity index (χ0n) is 17.9. The standard InChI is InChI=1S/C24H30N4O2.HI/c1-2-25-24(26-15-17-8-3-6-13-22(17)30-19-9-7-10-19)27-16-18-14-23(29)28-21-12-5-4-11-20(18)21;/h3-6,8,11-13,18-19H,2,7,9-10,14-16H2,1H3,(H,28,29)(H2,25,26,27);1H. The summed E-state index contributed by atoms with van der Waals surface area (Å²) in [7, 11) is 0. The summed E-state index contributed by atoms with van der Waals surface area (Å²) in [5.74, 6) is 1.86. The van der Waals surface area contributed by atoms with Crippen molar-refractivity contribution in [3.05, 3.63) is 59.7 Å². The Bertz CT molecular complexity index is 914. The normalized spacial score (nSPS) is 18.2. The van der Waals surface area contributed by atoms with E-state index in [4.69, 9.17) is 9.73 Å². The molecule has 3 N–H and O–H groups in total. The van der Waals surface area contributed by atoms with Crippen LogP contribution in [0.15, 0.2) is 53.5 Å². The van der Waals surface area contributed by atoms with Gasteiger partial charge in [0.1, 0.15) is 5.75 Å². The summed E-state index contributed by atoms with van der Waals surface area (Å²) in [5.41, 5.74) is 3.16. The number of halogens is 1. The molecule has 1 unspecified atom stereocenters. The first-order valence-electron chi connectivity index (χ1n) is 10.9. The Balaban J connectivity index is 0.00000272. The third-order valence-electron chi connectivity index (χ3n) is 5.69. The first-order chi connectivity index (χ1) is 14.7. The summed E-state index contributed by atoms with van der Waals surface area (Å²) in [4.78, 5) is 16.8. The largest absolute Gasteiger partial charge is 0.490 e. The second-order valence-electron chi connectivity index (χ2n) is 7.89. The highest BCUT2D eigenvalue weighted by Crippen LogP contribution is 2.31. The maximum Gasteiger partial charge on any atom is 0.225 e. The molecule has 31 heavy (non-hydrogen) atoms. The molecule has 2 aromatic rings. The summed E-state index contributed by atoms with van der Waals surface area (Å²) in [6.07, 6.45) is 4.35. The van der Waals surface area contributed by atoms with Gasteiger partial charge in [-0.15, -0.1) is 24.0 Å². The van der Waals surface area contributed by atoms with Crippen LogP contribution >= 0.6 is 24.0 Å². The first kappa shape index (κ1) is 23.4. The van der Waals surface area contributed by atoms with E-state index in [2.05, 4.69) is 28.1 Å². The molecule has 1 heterocycles. The maximum absolute atomic E-state index is 12.1. The number of ether oxygens (including phenoxy) is 1. The Morgan fingerprint density at radius 3 is 2.68 bits per heavy atom. The highest BCUT2D eigenvalue weighted by atomic mass is 127. The highest BCUT2D eigenvalue weighted by molar-refractivity contribution is 14.0. The molecule has 1 fully saturated rings. The molecule has 1 aliphatic heterocycles. The van der Waals surface area contributed by atoms with Crippen LogP contribution < -0.4 is 20.7 Å². The van der Waals surface area contributed by atoms with Gasteiger partial charge in [0.25, 0.3) is 0 Å². The van der Waals surface area contributed by atoms with Crippen molar-refractivity contribution < 1.29 is 9.53 Å². The quantitative estimate of drug-likeness (QED) is 0.280. The minimum absolute atomic E-state index is 0. The number of nitrogens with one attached hydrogen (secondary N) is 3. The van der Waals surface area contributed by atoms with Crippen LogP contribution in [0, 0.1) is 0 Å². The summed E-state index contributed by atoms with van der Waals surface area (Å²) >= 11 is 0. The molecule has 166 valence electrons. The van der Waals surface area contributed by atoms with E-state index in [0.717, 1.165) is 42.3 Å². The minimum atomic E-state index is 0. The lowest BCUT2D eigenvalue weighted by Gasteiger charge is -2.27. The number of fused-ring (bicyclic) bond motifs is 1. The number of guanidine groups is 1. The molecule has 0 radical (unpaired) electrons. The fourth-order valence-corrected chi connectivity index (χ4v) is 3.83. The number of nitrogens with zero attached hydrogens (tertiary/aromatic N) is 1. The number of carbonyl (C=O) groups excluding carboxylic acids is 1. The molecule has 1 saturated carbocycles. The monoisotopic (exact) mass is 534 g/mol. The summed E-state index contributed by atoms with van der Waals surface area (Å²) in [6.45, 7) is 4.01. The molecule has 2 aliphatic rings. The Morgan fingerprint density at radius 2 is 1.90 bits per heavy atom. The molecule has 1 aliphatic carbocycles. The van der Waals surface area contributed by atoms with Crippen molar-refractivity contribution in [2.45, 2.75) is 51.2 Å². The van der Waals surface area contributed by atoms with Crippen LogP contribution in [0.2, 0.25) is 0 Å². The fraction of sp³-hybridized carbons (Fsp3) is 0.417. The number of anilines is 1. The van der Waals surface area contributed by atoms with Crippen molar-refractivity contribution in [1.29, 1.82) is 0 Å². The maximum atomic E-state index is 12.1. The van der Waals surface area contributed by atoms with Crippen LogP contribution in [-0.2, 0) is 11.3 Å². The molecule has 1 atom stereocenters. The Kier molecular flexibility index (Phi) is 8.57. The van der Waals surface area contributed by atoms with E-state index in [1.807, 2.05) is 43.3 Å². The van der Waals surface area contributed by atoms with Crippen molar-refractivity contribution in [3.8, 4) is 5.75 Å². The van der Waals surface area contributed by atoms with Gasteiger partial charge in [-0.05, 0) is 43.9 Å². The molecule has 2 aromatic carbocycles. The fourth-order valence-electron chi connectivity index (χ4n) is 3.83. The van der Waals surface area contributed by atoms with Gasteiger partial charge in [-0.1, -0.05) is 36.4 Å². The van der Waals surface area contributed by atoms with E-state index in [-0.39, 0.29) is 35.8 Å². The lowest BCUT2D eigenvalue weighted by Crippen LogP contribution is -2.40. The van der Waals surface area contributed by atoms with Gasteiger partial charge in [0, 0.05) is 36.7 Å². The van der Waals surface area contributed by atoms with Gasteiger partial charge in [-0.25, -0.2) is 4.99 Å². The smallest absolute Gasteiger partial charge is 0.225 e. The summed E-state index contributed by atoms with van der Waals surface area (Å²) in [6, 6.07) is 16.1. The Hall–Kier alpha value is -2.29. The number of hydrogen-bond acceptors (Lipinski definition) is 3. The second-order valence-corrected chi connectivity index (χ2v) is 7.89. The van der Waals surface area contributed by atoms with Gasteiger partial charge in [-0.3, -0.25) is 4.79 Å². The molecule has 0 spiro atoms. The van der Waals surface area contributed by atoms with E-state index in [9.17, 15) is 4.79 Å². The summed E-state index contributed by atoms with van der Waals surface area (Å²) < 4.78 is 6.13. The number of para-hydroxylation sites is 2. The average molecular weight is 534 g/mol. The molecular formula is C24H31IN4O2. The summed E-state index contributed by atoms with van der Waals surface area (Å²) in [5, 5.41) is 9.68. The number of amides is 1. The van der Waals surface area contributed by atoms with Crippen molar-refractivity contribution in [1.82, 2.24) is 10.6 Å². The lowest BCUT2D eigenvalue weighted by molar-refractivity contribution is -0.116. The van der Waals surface area contributed by atoms with E-state index in [0.29, 0.717) is 25.6 Å². The molecule has 4 rings (SSSR count). The highest BCUT2D eigenvalue weighted by Gasteiger charge is 2.25. The van der Waals surface area contributed by atoms with Crippen LogP contribution in [0.25, 0.3) is 0 Å². The lowest BCUT2D eigenvalue weighted by atomic mass is 9.90. The van der Waals surface area contributed by atoms with Gasteiger partial charge in [0.2, 0.25) is 5.91 Å². The van der Waals surface area contributed by atoms with Crippen LogP contribution in [0.3, 0.4) is 0 Å². The van der Waals surface area contributed by atoms with Crippen molar-refractivity contribution in [2.24, 2.45) is 4.99 Å². The Morgan fingerprint density at radius 1 is 1.13 bits per heavy atom. The molecule has 0 bridgehead atoms. The third kappa shape index (κ3) is 6.12. The zero-order chi connectivity index (χ0) is 20.8. The van der Waals surface area contributed by atoms with E-state index < -0.39 is 0 Å². The predicted octanol–water partition coefficient (Wildman–Crippen LogP) is 4.42. The van der Waals surface area contributed by atoms with Crippen molar-refractivity contribution in [2.75, 3.05) is 18.4 Å². The number of aliphatic imine (C=N–C) groups is 1. The van der Waals surface area contributed by atoms with E-state index >= 15 is 0 Å². The van der Waals surface area contributed by atoms with Gasteiger partial charge in [-0.2, -0.15) is 0 Å². The van der Waals surface area contributed by atoms with Gasteiger partial charge in [0.15, 0.2) is 5.96 Å². The SMILES string of the molecule is CCNC(=NCc1ccccc1OC1CCC1)NCC1CC(=O)Nc2ccccc21.I. The van der Waals surface area contributed by atoms with E-state index in [1.54, 1.807) is 0 Å². The number of rotatable bonds is 7. The molecule has 1 amide bonds. The number of hydrogen-bond donors (Lipinski definition) is 3. The molecule has 0 aromatic heterocycles. The van der Waals surface area contributed by atoms with Gasteiger partial charge >= 0.3 is 0 Å². The Labute approximate surface area is 201 Å². The van der Waals surface area contributed by atoms with Crippen molar-refractivity contribution >= 4 is 41.5 Å². The average Bonchev–Trinajstić information content (AvgIpc) is 2.73. The minimum Gasteiger partial charge on any atom is -0.490 e. The van der Waals surface area contributed by atoms with Crippen LogP contribution in [0.1, 0.15) is 49.7 Å². The molecule has 0 saturated heterocycles. The number of carbonyl (C=O) groups is 1. The van der Waals surface area contributed by atoms with Crippen LogP contribution in [0.4, 0.5) is 5.69 Å². The van der Waals surface area contributed by atoms with E-state index in [1.165, 1.54) is 12.0 Å². The van der Waals surface area contributed by atoms with Gasteiger partial charge in [0.05, 0.1) is 12.6 Å². The topological polar surface area (TPSA) is 74.8 Å². The van der Waals surface area contributed by atoms with Crippen molar-refractivity contribution in [3.63, 3.8) is 0 Å². The predicted molar refractivity (Wildman–Crippen MR) is 135 cm³/mol. The first-order valence-corrected chi connectivity index (χ1v) is 10.9. The second kappa shape index (κ2) is 11.4.